The Morgan fingerprint density at radius 3 is 2.81 bits per heavy atom. The number of ether oxygens (including phenoxy) is 1. The zero-order valence-electron chi connectivity index (χ0n) is 12.5. The first kappa shape index (κ1) is 16.9. The number of nitrogens with zero attached hydrogens (tertiary/aromatic N) is 1. The Kier molecular flexibility index (Phi) is 6.15. The molecular formula is C13H23N3O3S2. The quantitative estimate of drug-likeness (QED) is 0.759. The van der Waals surface area contributed by atoms with Crippen molar-refractivity contribution in [3.63, 3.8) is 0 Å². The van der Waals surface area contributed by atoms with Crippen LogP contribution in [-0.2, 0) is 21.3 Å². The fourth-order valence-corrected chi connectivity index (χ4v) is 4.83. The lowest BCUT2D eigenvalue weighted by Gasteiger charge is -2.29. The van der Waals surface area contributed by atoms with E-state index in [-0.39, 0.29) is 6.04 Å². The predicted octanol–water partition coefficient (Wildman–Crippen LogP) is 0.467. The van der Waals surface area contributed by atoms with Gasteiger partial charge in [-0.3, -0.25) is 4.90 Å². The van der Waals surface area contributed by atoms with Crippen molar-refractivity contribution in [1.82, 2.24) is 14.9 Å². The van der Waals surface area contributed by atoms with E-state index in [4.69, 9.17) is 4.74 Å². The molecule has 1 saturated heterocycles. The van der Waals surface area contributed by atoms with Gasteiger partial charge in [0.05, 0.1) is 18.1 Å². The van der Waals surface area contributed by atoms with Crippen molar-refractivity contribution in [1.29, 1.82) is 0 Å². The predicted molar refractivity (Wildman–Crippen MR) is 84.1 cm³/mol. The van der Waals surface area contributed by atoms with Crippen molar-refractivity contribution in [2.45, 2.75) is 24.4 Å². The molecule has 1 aromatic rings. The topological polar surface area (TPSA) is 70.7 Å². The molecule has 0 saturated carbocycles. The van der Waals surface area contributed by atoms with Crippen LogP contribution >= 0.6 is 11.3 Å². The molecule has 120 valence electrons. The highest BCUT2D eigenvalue weighted by atomic mass is 32.2. The Balaban J connectivity index is 1.92. The van der Waals surface area contributed by atoms with Gasteiger partial charge in [-0.15, -0.1) is 11.3 Å². The average Bonchev–Trinajstić information content (AvgIpc) is 2.89. The molecular weight excluding hydrogens is 310 g/mol. The second-order valence-corrected chi connectivity index (χ2v) is 7.92. The molecule has 0 bridgehead atoms. The Bertz CT molecular complexity index is 539. The van der Waals surface area contributed by atoms with Gasteiger partial charge >= 0.3 is 0 Å². The molecule has 0 aromatic carbocycles. The lowest BCUT2D eigenvalue weighted by atomic mass is 10.3. The number of rotatable bonds is 7. The van der Waals surface area contributed by atoms with Crippen LogP contribution in [0.5, 0.6) is 0 Å². The van der Waals surface area contributed by atoms with E-state index < -0.39 is 10.0 Å². The van der Waals surface area contributed by atoms with Crippen molar-refractivity contribution in [2.24, 2.45) is 0 Å². The van der Waals surface area contributed by atoms with Crippen LogP contribution in [0.3, 0.4) is 0 Å². The molecule has 2 N–H and O–H groups in total. The zero-order valence-corrected chi connectivity index (χ0v) is 14.1. The number of hydrogen-bond acceptors (Lipinski definition) is 6. The summed E-state index contributed by atoms with van der Waals surface area (Å²) in [5.41, 5.74) is 0. The van der Waals surface area contributed by atoms with Crippen LogP contribution in [0.15, 0.2) is 16.3 Å². The normalized spacial score (nSPS) is 18.8. The summed E-state index contributed by atoms with van der Waals surface area (Å²) in [6, 6.07) is 1.60. The van der Waals surface area contributed by atoms with E-state index in [2.05, 4.69) is 14.9 Å². The number of morpholine rings is 1. The van der Waals surface area contributed by atoms with Gasteiger partial charge in [0.25, 0.3) is 0 Å². The summed E-state index contributed by atoms with van der Waals surface area (Å²) in [4.78, 5) is 3.58. The number of thiophene rings is 1. The third-order valence-electron chi connectivity index (χ3n) is 3.28. The first-order valence-electron chi connectivity index (χ1n) is 7.05. The summed E-state index contributed by atoms with van der Waals surface area (Å²) in [5.74, 6) is 0. The summed E-state index contributed by atoms with van der Waals surface area (Å²) >= 11 is 1.46. The highest BCUT2D eigenvalue weighted by Gasteiger charge is 2.21. The first-order valence-corrected chi connectivity index (χ1v) is 9.42. The fourth-order valence-electron chi connectivity index (χ4n) is 2.31. The monoisotopic (exact) mass is 333 g/mol. The second-order valence-electron chi connectivity index (χ2n) is 5.21. The SMILES string of the molecule is CNCc1cc(S(=O)(=O)NC(C)CN2CCOCC2)cs1. The number of sulfonamides is 1. The van der Waals surface area contributed by atoms with E-state index in [9.17, 15) is 8.42 Å². The minimum Gasteiger partial charge on any atom is -0.379 e. The number of hydrogen-bond donors (Lipinski definition) is 2. The molecule has 0 spiro atoms. The lowest BCUT2D eigenvalue weighted by molar-refractivity contribution is 0.0354. The molecule has 1 unspecified atom stereocenters. The zero-order chi connectivity index (χ0) is 15.3. The third kappa shape index (κ3) is 5.01. The highest BCUT2D eigenvalue weighted by molar-refractivity contribution is 7.89. The minimum atomic E-state index is -3.43. The molecule has 0 amide bonds. The van der Waals surface area contributed by atoms with Crippen LogP contribution < -0.4 is 10.0 Å². The van der Waals surface area contributed by atoms with E-state index in [1.165, 1.54) is 11.3 Å². The highest BCUT2D eigenvalue weighted by Crippen LogP contribution is 2.19. The molecule has 2 heterocycles. The van der Waals surface area contributed by atoms with Crippen LogP contribution in [-0.4, -0.2) is 59.3 Å². The molecule has 1 aromatic heterocycles. The van der Waals surface area contributed by atoms with Gasteiger partial charge in [-0.25, -0.2) is 13.1 Å². The Morgan fingerprint density at radius 1 is 1.43 bits per heavy atom. The van der Waals surface area contributed by atoms with E-state index in [1.54, 1.807) is 11.4 Å². The second kappa shape index (κ2) is 7.66. The summed E-state index contributed by atoms with van der Waals surface area (Å²) in [7, 11) is -1.59. The van der Waals surface area contributed by atoms with E-state index in [0.29, 0.717) is 18.0 Å². The molecule has 1 atom stereocenters. The summed E-state index contributed by atoms with van der Waals surface area (Å²) < 4.78 is 32.7. The van der Waals surface area contributed by atoms with Gasteiger partial charge in [0.2, 0.25) is 10.0 Å². The maximum Gasteiger partial charge on any atom is 0.241 e. The van der Waals surface area contributed by atoms with Gasteiger partial charge in [0, 0.05) is 42.5 Å². The van der Waals surface area contributed by atoms with Gasteiger partial charge < -0.3 is 10.1 Å². The largest absolute Gasteiger partial charge is 0.379 e. The van der Waals surface area contributed by atoms with Gasteiger partial charge in [0.15, 0.2) is 0 Å². The van der Waals surface area contributed by atoms with Crippen LogP contribution in [0.1, 0.15) is 11.8 Å². The molecule has 0 aliphatic carbocycles. The summed E-state index contributed by atoms with van der Waals surface area (Å²) in [6.07, 6.45) is 0. The van der Waals surface area contributed by atoms with E-state index >= 15 is 0 Å². The summed E-state index contributed by atoms with van der Waals surface area (Å²) in [5, 5.41) is 4.71. The molecule has 1 aliphatic rings. The van der Waals surface area contributed by atoms with Crippen molar-refractivity contribution >= 4 is 21.4 Å². The van der Waals surface area contributed by atoms with Gasteiger partial charge in [0.1, 0.15) is 0 Å². The van der Waals surface area contributed by atoms with E-state index in [0.717, 1.165) is 31.2 Å². The Hall–Kier alpha value is -0.510. The number of nitrogens with one attached hydrogen (secondary N) is 2. The van der Waals surface area contributed by atoms with Gasteiger partial charge in [-0.1, -0.05) is 0 Å². The van der Waals surface area contributed by atoms with Crippen molar-refractivity contribution in [3.8, 4) is 0 Å². The molecule has 21 heavy (non-hydrogen) atoms. The van der Waals surface area contributed by atoms with Gasteiger partial charge in [-0.2, -0.15) is 0 Å². The van der Waals surface area contributed by atoms with Crippen LogP contribution in [0.25, 0.3) is 0 Å². The Morgan fingerprint density at radius 2 is 2.14 bits per heavy atom. The standard InChI is InChI=1S/C13H23N3O3S2/c1-11(9-16-3-5-19-6-4-16)15-21(17,18)13-7-12(8-14-2)20-10-13/h7,10-11,14-15H,3-6,8-9H2,1-2H3. The minimum absolute atomic E-state index is 0.124. The van der Waals surface area contributed by atoms with Gasteiger partial charge in [-0.05, 0) is 20.0 Å². The Labute approximate surface area is 130 Å². The molecule has 6 nitrogen and oxygen atoms in total. The van der Waals surface area contributed by atoms with Crippen LogP contribution in [0, 0.1) is 0 Å². The lowest BCUT2D eigenvalue weighted by Crippen LogP contribution is -2.45. The maximum absolute atomic E-state index is 12.3. The molecule has 0 radical (unpaired) electrons. The van der Waals surface area contributed by atoms with Crippen LogP contribution in [0.4, 0.5) is 0 Å². The molecule has 1 aliphatic heterocycles. The van der Waals surface area contributed by atoms with Crippen molar-refractivity contribution < 1.29 is 13.2 Å². The molecule has 2 rings (SSSR count). The smallest absolute Gasteiger partial charge is 0.241 e. The first-order chi connectivity index (χ1) is 10.0. The molecule has 1 fully saturated rings. The average molecular weight is 333 g/mol. The van der Waals surface area contributed by atoms with Crippen LogP contribution in [0.2, 0.25) is 0 Å². The fraction of sp³-hybridized carbons (Fsp3) is 0.692. The summed E-state index contributed by atoms with van der Waals surface area (Å²) in [6.45, 7) is 6.44. The maximum atomic E-state index is 12.3. The van der Waals surface area contributed by atoms with Crippen molar-refractivity contribution in [3.05, 3.63) is 16.3 Å². The third-order valence-corrected chi connectivity index (χ3v) is 5.94. The molecule has 8 heteroatoms. The van der Waals surface area contributed by atoms with Crippen molar-refractivity contribution in [2.75, 3.05) is 39.9 Å². The van der Waals surface area contributed by atoms with E-state index in [1.807, 2.05) is 14.0 Å².